The first-order valence-corrected chi connectivity index (χ1v) is 25.6. The van der Waals surface area contributed by atoms with Gasteiger partial charge in [0, 0.05) is 19.3 Å². The molecular formula is C60H90O6. The van der Waals surface area contributed by atoms with E-state index in [1.165, 1.54) is 25.7 Å². The summed E-state index contributed by atoms with van der Waals surface area (Å²) in [5, 5.41) is 0. The molecule has 0 radical (unpaired) electrons. The van der Waals surface area contributed by atoms with Crippen molar-refractivity contribution in [3.63, 3.8) is 0 Å². The number of carbonyl (C=O) groups is 3. The zero-order valence-corrected chi connectivity index (χ0v) is 41.6. The number of esters is 3. The van der Waals surface area contributed by atoms with E-state index >= 15 is 0 Å². The first-order valence-electron chi connectivity index (χ1n) is 25.6. The molecule has 6 nitrogen and oxygen atoms in total. The van der Waals surface area contributed by atoms with Gasteiger partial charge in [-0.3, -0.25) is 14.4 Å². The molecule has 366 valence electrons. The minimum absolute atomic E-state index is 0.138. The average Bonchev–Trinajstić information content (AvgIpc) is 3.31. The molecule has 1 atom stereocenters. The molecule has 0 fully saturated rings. The Labute approximate surface area is 403 Å². The summed E-state index contributed by atoms with van der Waals surface area (Å²) in [4.78, 5) is 38.0. The largest absolute Gasteiger partial charge is 0.462 e. The van der Waals surface area contributed by atoms with E-state index in [4.69, 9.17) is 14.2 Å². The Balaban J connectivity index is 4.65. The van der Waals surface area contributed by atoms with Crippen molar-refractivity contribution in [2.24, 2.45) is 0 Å². The maximum Gasteiger partial charge on any atom is 0.306 e. The Morgan fingerprint density at radius 3 is 1.14 bits per heavy atom. The van der Waals surface area contributed by atoms with Crippen LogP contribution in [0.5, 0.6) is 0 Å². The minimum Gasteiger partial charge on any atom is -0.462 e. The fraction of sp³-hybridized carbons (Fsp3) is 0.517. The van der Waals surface area contributed by atoms with E-state index in [9.17, 15) is 14.4 Å². The predicted molar refractivity (Wildman–Crippen MR) is 283 cm³/mol. The van der Waals surface area contributed by atoms with Crippen LogP contribution in [0.3, 0.4) is 0 Å². The molecule has 0 aromatic heterocycles. The molecule has 0 heterocycles. The van der Waals surface area contributed by atoms with Crippen LogP contribution in [-0.2, 0) is 28.6 Å². The first kappa shape index (κ1) is 61.0. The Kier molecular flexibility index (Phi) is 48.7. The standard InChI is InChI=1S/C60H90O6/c1-4-7-10-13-16-19-22-25-28-30-33-35-38-41-44-47-50-53-59(62)65-56-57(55-64-58(61)52-49-46-43-40-37-34-31-27-24-21-18-15-12-9-6-3)66-60(63)54-51-48-45-42-39-36-32-29-26-23-20-17-14-11-8-5-2/h8-9,11-12,15-21,24-29,31,33-37,39,41,44,57H,4-7,10,13-14,22-23,30,32,38,40,42-43,45-56H2,1-3H3/b11-8-,12-9-,18-15-,19-16-,20-17-,24-21-,28-25-,29-26-,31-27-,35-33-,37-34-,39-36-,44-41-. The topological polar surface area (TPSA) is 78.9 Å². The highest BCUT2D eigenvalue weighted by atomic mass is 16.6. The summed E-state index contributed by atoms with van der Waals surface area (Å²) in [5.41, 5.74) is 0. The fourth-order valence-electron chi connectivity index (χ4n) is 6.09. The average molecular weight is 907 g/mol. The zero-order chi connectivity index (χ0) is 47.9. The molecule has 0 saturated carbocycles. The summed E-state index contributed by atoms with van der Waals surface area (Å²) in [6, 6.07) is 0. The van der Waals surface area contributed by atoms with Crippen LogP contribution in [0.25, 0.3) is 0 Å². The second-order valence-corrected chi connectivity index (χ2v) is 16.1. The molecule has 6 heteroatoms. The van der Waals surface area contributed by atoms with Gasteiger partial charge >= 0.3 is 17.9 Å². The normalized spacial score (nSPS) is 13.4. The van der Waals surface area contributed by atoms with Crippen LogP contribution >= 0.6 is 0 Å². The van der Waals surface area contributed by atoms with Crippen LogP contribution in [0.1, 0.15) is 181 Å². The minimum atomic E-state index is -0.842. The van der Waals surface area contributed by atoms with Crippen molar-refractivity contribution in [2.75, 3.05) is 13.2 Å². The van der Waals surface area contributed by atoms with Gasteiger partial charge in [0.05, 0.1) is 0 Å². The Hall–Kier alpha value is -4.97. The molecule has 0 N–H and O–H groups in total. The van der Waals surface area contributed by atoms with Gasteiger partial charge in [0.15, 0.2) is 6.10 Å². The van der Waals surface area contributed by atoms with Gasteiger partial charge < -0.3 is 14.2 Å². The Morgan fingerprint density at radius 1 is 0.333 bits per heavy atom. The molecule has 0 aliphatic heterocycles. The van der Waals surface area contributed by atoms with Crippen LogP contribution < -0.4 is 0 Å². The molecule has 0 spiro atoms. The highest BCUT2D eigenvalue weighted by Gasteiger charge is 2.19. The van der Waals surface area contributed by atoms with Crippen LogP contribution in [-0.4, -0.2) is 37.2 Å². The van der Waals surface area contributed by atoms with Gasteiger partial charge in [-0.2, -0.15) is 0 Å². The molecule has 0 amide bonds. The smallest absolute Gasteiger partial charge is 0.306 e. The lowest BCUT2D eigenvalue weighted by molar-refractivity contribution is -0.167. The van der Waals surface area contributed by atoms with Gasteiger partial charge in [-0.1, -0.05) is 204 Å². The third-order valence-corrected chi connectivity index (χ3v) is 9.88. The monoisotopic (exact) mass is 907 g/mol. The Morgan fingerprint density at radius 2 is 0.682 bits per heavy atom. The molecule has 1 unspecified atom stereocenters. The summed E-state index contributed by atoms with van der Waals surface area (Å²) in [6.07, 6.45) is 76.6. The summed E-state index contributed by atoms with van der Waals surface area (Å²) < 4.78 is 16.7. The van der Waals surface area contributed by atoms with Crippen molar-refractivity contribution < 1.29 is 28.6 Å². The van der Waals surface area contributed by atoms with Gasteiger partial charge in [0.2, 0.25) is 0 Å². The fourth-order valence-corrected chi connectivity index (χ4v) is 6.09. The zero-order valence-electron chi connectivity index (χ0n) is 41.6. The van der Waals surface area contributed by atoms with E-state index in [0.29, 0.717) is 19.3 Å². The lowest BCUT2D eigenvalue weighted by Gasteiger charge is -2.18. The maximum atomic E-state index is 12.8. The quantitative estimate of drug-likeness (QED) is 0.0199. The lowest BCUT2D eigenvalue weighted by Crippen LogP contribution is -2.30. The van der Waals surface area contributed by atoms with Gasteiger partial charge in [-0.15, -0.1) is 0 Å². The van der Waals surface area contributed by atoms with Crippen LogP contribution in [0.15, 0.2) is 158 Å². The summed E-state index contributed by atoms with van der Waals surface area (Å²) in [6.45, 7) is 6.21. The SMILES string of the molecule is CC\C=C/C=C\C=C/C=C\C=C/CCCCCC(=O)OCC(COC(=O)CCC/C=C\C/C=C\C/C=C\C/C=C\CCCCC)OC(=O)CCCCC/C=C\C/C=C\C/C=C\C/C=C\CC. The number of unbranched alkanes of at least 4 members (excludes halogenated alkanes) is 10. The van der Waals surface area contributed by atoms with E-state index in [2.05, 4.69) is 130 Å². The third kappa shape index (κ3) is 50.0. The lowest BCUT2D eigenvalue weighted by atomic mass is 10.1. The van der Waals surface area contributed by atoms with Crippen molar-refractivity contribution in [1.82, 2.24) is 0 Å². The second kappa shape index (κ2) is 52.7. The summed E-state index contributed by atoms with van der Waals surface area (Å²) >= 11 is 0. The van der Waals surface area contributed by atoms with Crippen molar-refractivity contribution in [1.29, 1.82) is 0 Å². The number of ether oxygens (including phenoxy) is 3. The van der Waals surface area contributed by atoms with Gasteiger partial charge in [-0.05, 0) is 116 Å². The van der Waals surface area contributed by atoms with E-state index in [-0.39, 0.29) is 50.4 Å². The molecule has 66 heavy (non-hydrogen) atoms. The summed E-state index contributed by atoms with van der Waals surface area (Å²) in [5.74, 6) is -1.08. The number of hydrogen-bond acceptors (Lipinski definition) is 6. The highest BCUT2D eigenvalue weighted by molar-refractivity contribution is 5.71. The molecule has 0 aromatic rings. The molecule has 0 bridgehead atoms. The number of carbonyl (C=O) groups excluding carboxylic acids is 3. The summed E-state index contributed by atoms with van der Waals surface area (Å²) in [7, 11) is 0. The number of hydrogen-bond donors (Lipinski definition) is 0. The van der Waals surface area contributed by atoms with Crippen molar-refractivity contribution >= 4 is 17.9 Å². The Bertz CT molecular complexity index is 1560. The van der Waals surface area contributed by atoms with E-state index in [1.54, 1.807) is 0 Å². The highest BCUT2D eigenvalue weighted by Crippen LogP contribution is 2.10. The van der Waals surface area contributed by atoms with Crippen molar-refractivity contribution in [3.8, 4) is 0 Å². The molecule has 0 aliphatic carbocycles. The number of rotatable bonds is 43. The van der Waals surface area contributed by atoms with E-state index in [0.717, 1.165) is 96.3 Å². The predicted octanol–water partition coefficient (Wildman–Crippen LogP) is 17.0. The van der Waals surface area contributed by atoms with Crippen LogP contribution in [0.2, 0.25) is 0 Å². The van der Waals surface area contributed by atoms with Crippen molar-refractivity contribution in [2.45, 2.75) is 187 Å². The van der Waals surface area contributed by atoms with Gasteiger partial charge in [-0.25, -0.2) is 0 Å². The molecule has 0 rings (SSSR count). The molecule has 0 aromatic carbocycles. The maximum absolute atomic E-state index is 12.8. The van der Waals surface area contributed by atoms with Gasteiger partial charge in [0.1, 0.15) is 13.2 Å². The van der Waals surface area contributed by atoms with Gasteiger partial charge in [0.25, 0.3) is 0 Å². The van der Waals surface area contributed by atoms with Crippen LogP contribution in [0, 0.1) is 0 Å². The second-order valence-electron chi connectivity index (χ2n) is 16.1. The van der Waals surface area contributed by atoms with E-state index < -0.39 is 6.10 Å². The molecular weight excluding hydrogens is 817 g/mol. The third-order valence-electron chi connectivity index (χ3n) is 9.88. The van der Waals surface area contributed by atoms with Crippen molar-refractivity contribution in [3.05, 3.63) is 158 Å². The van der Waals surface area contributed by atoms with Crippen LogP contribution in [0.4, 0.5) is 0 Å². The number of allylic oxidation sites excluding steroid dienone is 26. The molecule has 0 saturated heterocycles. The molecule has 0 aliphatic rings. The van der Waals surface area contributed by atoms with E-state index in [1.807, 2.05) is 48.6 Å². The first-order chi connectivity index (χ1) is 32.5.